The minimum atomic E-state index is -0.340. The predicted octanol–water partition coefficient (Wildman–Crippen LogP) is 7.32. The van der Waals surface area contributed by atoms with Crippen LogP contribution in [0.4, 0.5) is 17.1 Å². The van der Waals surface area contributed by atoms with Gasteiger partial charge in [-0.05, 0) is 73.5 Å². The van der Waals surface area contributed by atoms with Crippen LogP contribution in [0, 0.1) is 0 Å². The molecule has 19 nitrogen and oxygen atoms in total. The van der Waals surface area contributed by atoms with Gasteiger partial charge in [-0.2, -0.15) is 10.2 Å². The number of hydrogen-bond donors (Lipinski definition) is 6. The lowest BCUT2D eigenvalue weighted by Gasteiger charge is -2.23. The van der Waals surface area contributed by atoms with Crippen molar-refractivity contribution in [3.63, 3.8) is 0 Å². The minimum absolute atomic E-state index is 0.0326. The molecule has 3 fully saturated rings. The van der Waals surface area contributed by atoms with E-state index in [1.165, 1.54) is 0 Å². The van der Waals surface area contributed by atoms with Crippen molar-refractivity contribution in [1.29, 1.82) is 0 Å². The monoisotopic (exact) mass is 1040 g/mol. The van der Waals surface area contributed by atoms with Crippen molar-refractivity contribution in [3.8, 4) is 0 Å². The summed E-state index contributed by atoms with van der Waals surface area (Å²) in [5.74, 6) is -0.872. The topological polar surface area (TPSA) is 225 Å². The SMILES string of the molecule is CCCc1c(Cl)c(C(=O)Nc2ccc([C@@H]3CNCCO3)nc2)nn1C.CCCc1c(Cl)c(C(=O)Nc2ccc([C@H]3CNCCO3)nc2)nn1C.O=C(Nc1ccc([C@H]2CNCCO2)nc1)c1ccc(Cl)cc1. The molecule has 72 heavy (non-hydrogen) atoms. The van der Waals surface area contributed by atoms with E-state index in [-0.39, 0.29) is 47.4 Å². The van der Waals surface area contributed by atoms with Crippen LogP contribution in [-0.4, -0.2) is 111 Å². The second-order valence-corrected chi connectivity index (χ2v) is 18.1. The largest absolute Gasteiger partial charge is 0.369 e. The standard InChI is InChI=1S/2C17H22ClN5O2.C16H16ClN3O2/c2*1-3-4-13-15(18)16(22-23(13)2)17(24)21-11-5-6-12(20-9-11)14-10-19-7-8-25-14;17-12-3-1-11(2-4-12)16(21)20-13-5-6-14(19-9-13)15-10-18-7-8-22-15/h2*5-6,9,14,19H,3-4,7-8,10H2,1-2H3,(H,21,24);1-6,9,15,18H,7-8,10H2,(H,20,21)/t2*14-;15-/m101/s1. The molecular weight excluding hydrogens is 985 g/mol. The normalized spacial score (nSPS) is 17.6. The number of amides is 3. The number of carbonyl (C=O) groups excluding carboxylic acids is 3. The Balaban J connectivity index is 0.000000159. The van der Waals surface area contributed by atoms with Gasteiger partial charge in [-0.25, -0.2) is 0 Å². The molecule has 0 aliphatic carbocycles. The average Bonchev–Trinajstić information content (AvgIpc) is 3.86. The van der Waals surface area contributed by atoms with Gasteiger partial charge in [0, 0.05) is 63.9 Å². The molecule has 3 aliphatic heterocycles. The molecule has 382 valence electrons. The highest BCUT2D eigenvalue weighted by molar-refractivity contribution is 6.35. The highest BCUT2D eigenvalue weighted by Gasteiger charge is 2.24. The van der Waals surface area contributed by atoms with Gasteiger partial charge in [-0.15, -0.1) is 0 Å². The van der Waals surface area contributed by atoms with Gasteiger partial charge in [0.05, 0.1) is 94.0 Å². The summed E-state index contributed by atoms with van der Waals surface area (Å²) in [5.41, 5.74) is 7.12. The highest BCUT2D eigenvalue weighted by atomic mass is 35.5. The number of morpholine rings is 3. The Kier molecular flexibility index (Phi) is 20.0. The Morgan fingerprint density at radius 2 is 0.917 bits per heavy atom. The molecule has 5 aromatic heterocycles. The van der Waals surface area contributed by atoms with Crippen molar-refractivity contribution in [2.45, 2.75) is 57.8 Å². The molecule has 0 bridgehead atoms. The zero-order valence-corrected chi connectivity index (χ0v) is 42.9. The summed E-state index contributed by atoms with van der Waals surface area (Å²) in [5, 5.41) is 28.1. The summed E-state index contributed by atoms with van der Waals surface area (Å²) >= 11 is 18.4. The van der Waals surface area contributed by atoms with Crippen molar-refractivity contribution in [3.05, 3.63) is 140 Å². The smallest absolute Gasteiger partial charge is 0.277 e. The number of carbonyl (C=O) groups is 3. The van der Waals surface area contributed by atoms with Crippen LogP contribution in [0.2, 0.25) is 15.1 Å². The van der Waals surface area contributed by atoms with Crippen molar-refractivity contribution in [2.75, 3.05) is 75.0 Å². The van der Waals surface area contributed by atoms with E-state index in [0.29, 0.717) is 57.5 Å². The lowest BCUT2D eigenvalue weighted by molar-refractivity contribution is 0.0250. The molecule has 3 aliphatic rings. The zero-order valence-electron chi connectivity index (χ0n) is 40.6. The summed E-state index contributed by atoms with van der Waals surface area (Å²) in [6, 6.07) is 17.8. The average molecular weight is 1050 g/mol. The van der Waals surface area contributed by atoms with Crippen LogP contribution < -0.4 is 31.9 Å². The number of aryl methyl sites for hydroxylation is 2. The first-order valence-electron chi connectivity index (χ1n) is 23.9. The van der Waals surface area contributed by atoms with E-state index in [0.717, 1.165) is 93.4 Å². The third-order valence-corrected chi connectivity index (χ3v) is 12.7. The van der Waals surface area contributed by atoms with Gasteiger partial charge in [-0.3, -0.25) is 38.7 Å². The highest BCUT2D eigenvalue weighted by Crippen LogP contribution is 2.26. The van der Waals surface area contributed by atoms with E-state index in [1.54, 1.807) is 66.3 Å². The number of halogens is 3. The summed E-state index contributed by atoms with van der Waals surface area (Å²) in [6.45, 7) is 10.9. The molecule has 1 aromatic carbocycles. The number of ether oxygens (including phenoxy) is 3. The van der Waals surface area contributed by atoms with Gasteiger partial charge in [0.25, 0.3) is 17.7 Å². The van der Waals surface area contributed by atoms with Gasteiger partial charge >= 0.3 is 0 Å². The lowest BCUT2D eigenvalue weighted by Crippen LogP contribution is -2.33. The second kappa shape index (κ2) is 26.7. The van der Waals surface area contributed by atoms with Crippen molar-refractivity contribution < 1.29 is 28.6 Å². The molecular formula is C50H60Cl3N13O6. The third kappa shape index (κ3) is 14.6. The van der Waals surface area contributed by atoms with Crippen LogP contribution in [0.25, 0.3) is 0 Å². The van der Waals surface area contributed by atoms with Gasteiger partial charge in [0.1, 0.15) is 18.3 Å². The molecule has 3 atom stereocenters. The number of benzene rings is 1. The van der Waals surface area contributed by atoms with Gasteiger partial charge < -0.3 is 46.1 Å². The number of rotatable bonds is 13. The summed E-state index contributed by atoms with van der Waals surface area (Å²) in [4.78, 5) is 50.1. The molecule has 0 radical (unpaired) electrons. The molecule has 3 saturated heterocycles. The van der Waals surface area contributed by atoms with E-state index in [2.05, 4.69) is 70.9 Å². The molecule has 0 unspecified atom stereocenters. The Hall–Kier alpha value is -5.87. The number of nitrogens with zero attached hydrogens (tertiary/aromatic N) is 7. The van der Waals surface area contributed by atoms with Crippen LogP contribution in [0.1, 0.15) is 105 Å². The molecule has 9 rings (SSSR count). The van der Waals surface area contributed by atoms with Crippen molar-refractivity contribution in [2.24, 2.45) is 14.1 Å². The molecule has 22 heteroatoms. The number of pyridine rings is 3. The molecule has 8 heterocycles. The van der Waals surface area contributed by atoms with E-state index < -0.39 is 0 Å². The lowest BCUT2D eigenvalue weighted by atomic mass is 10.2. The first-order chi connectivity index (χ1) is 34.9. The number of hydrogen-bond acceptors (Lipinski definition) is 14. The van der Waals surface area contributed by atoms with Crippen LogP contribution in [-0.2, 0) is 41.1 Å². The van der Waals surface area contributed by atoms with Gasteiger partial charge in [0.2, 0.25) is 0 Å². The number of nitrogens with one attached hydrogen (secondary N) is 6. The fraction of sp³-hybridized carbons (Fsp3) is 0.400. The fourth-order valence-corrected chi connectivity index (χ4v) is 8.64. The zero-order chi connectivity index (χ0) is 51.0. The fourth-order valence-electron chi connectivity index (χ4n) is 7.83. The van der Waals surface area contributed by atoms with Crippen LogP contribution in [0.3, 0.4) is 0 Å². The quantitative estimate of drug-likeness (QED) is 0.0667. The van der Waals surface area contributed by atoms with Gasteiger partial charge in [0.15, 0.2) is 11.4 Å². The summed E-state index contributed by atoms with van der Waals surface area (Å²) < 4.78 is 20.3. The number of aromatic nitrogens is 7. The van der Waals surface area contributed by atoms with Crippen molar-refractivity contribution in [1.82, 2.24) is 50.5 Å². The maximum absolute atomic E-state index is 12.5. The predicted molar refractivity (Wildman–Crippen MR) is 277 cm³/mol. The molecule has 6 N–H and O–H groups in total. The Bertz CT molecular complexity index is 2580. The molecule has 0 spiro atoms. The number of anilines is 3. The summed E-state index contributed by atoms with van der Waals surface area (Å²) in [6.07, 6.45) is 8.16. The maximum Gasteiger partial charge on any atom is 0.277 e. The first kappa shape index (κ1) is 53.9. The van der Waals surface area contributed by atoms with E-state index in [9.17, 15) is 14.4 Å². The van der Waals surface area contributed by atoms with E-state index >= 15 is 0 Å². The second-order valence-electron chi connectivity index (χ2n) is 16.9. The molecule has 6 aromatic rings. The van der Waals surface area contributed by atoms with E-state index in [1.807, 2.05) is 36.4 Å². The van der Waals surface area contributed by atoms with Gasteiger partial charge in [-0.1, -0.05) is 61.5 Å². The van der Waals surface area contributed by atoms with Crippen LogP contribution in [0.15, 0.2) is 79.3 Å². The minimum Gasteiger partial charge on any atom is -0.369 e. The Labute approximate surface area is 433 Å². The Morgan fingerprint density at radius 3 is 1.22 bits per heavy atom. The maximum atomic E-state index is 12.5. The van der Waals surface area contributed by atoms with Crippen LogP contribution in [0.5, 0.6) is 0 Å². The molecule has 0 saturated carbocycles. The van der Waals surface area contributed by atoms with Crippen LogP contribution >= 0.6 is 34.8 Å². The third-order valence-electron chi connectivity index (χ3n) is 11.6. The summed E-state index contributed by atoms with van der Waals surface area (Å²) in [7, 11) is 3.59. The molecule has 3 amide bonds. The first-order valence-corrected chi connectivity index (χ1v) is 25.0. The Morgan fingerprint density at radius 1 is 0.556 bits per heavy atom. The van der Waals surface area contributed by atoms with E-state index in [4.69, 9.17) is 49.0 Å². The van der Waals surface area contributed by atoms with Crippen molar-refractivity contribution >= 4 is 69.6 Å².